The van der Waals surface area contributed by atoms with Crippen molar-refractivity contribution in [2.75, 3.05) is 13.1 Å². The molecule has 1 aliphatic rings. The van der Waals surface area contributed by atoms with Gasteiger partial charge in [0.2, 0.25) is 5.91 Å². The van der Waals surface area contributed by atoms with Crippen LogP contribution in [0.4, 0.5) is 9.18 Å². The number of hydrogen-bond acceptors (Lipinski definition) is 3. The third kappa shape index (κ3) is 4.04. The number of aromatic amines is 1. The molecule has 1 aromatic heterocycles. The minimum atomic E-state index is -0.343. The maximum absolute atomic E-state index is 13.0. The molecule has 0 saturated carbocycles. The molecule has 0 bridgehead atoms. The zero-order chi connectivity index (χ0) is 17.8. The predicted octanol–water partition coefficient (Wildman–Crippen LogP) is 2.20. The number of rotatable bonds is 6. The molecule has 1 unspecified atom stereocenters. The average molecular weight is 344 g/mol. The number of H-pyrrole nitrogens is 1. The molecule has 1 fully saturated rings. The van der Waals surface area contributed by atoms with Gasteiger partial charge in [0, 0.05) is 18.8 Å². The second kappa shape index (κ2) is 7.46. The van der Waals surface area contributed by atoms with Crippen LogP contribution >= 0.6 is 0 Å². The van der Waals surface area contributed by atoms with Crippen molar-refractivity contribution in [3.8, 4) is 0 Å². The van der Waals surface area contributed by atoms with Crippen molar-refractivity contribution in [2.24, 2.45) is 5.92 Å². The molecule has 0 aliphatic carbocycles. The molecule has 1 aromatic carbocycles. The van der Waals surface area contributed by atoms with Gasteiger partial charge in [0.25, 0.3) is 0 Å². The Morgan fingerprint density at radius 3 is 2.72 bits per heavy atom. The van der Waals surface area contributed by atoms with Crippen LogP contribution in [0.3, 0.4) is 0 Å². The molecule has 0 radical (unpaired) electrons. The van der Waals surface area contributed by atoms with E-state index in [1.807, 2.05) is 6.92 Å². The van der Waals surface area contributed by atoms with Gasteiger partial charge in [-0.1, -0.05) is 12.1 Å². The summed E-state index contributed by atoms with van der Waals surface area (Å²) >= 11 is 0. The summed E-state index contributed by atoms with van der Waals surface area (Å²) in [6.07, 6.45) is 3.69. The number of aromatic nitrogens is 2. The number of nitrogens with one attached hydrogen (secondary N) is 2. The second-order valence-corrected chi connectivity index (χ2v) is 6.33. The summed E-state index contributed by atoms with van der Waals surface area (Å²) in [6, 6.07) is 5.76. The summed E-state index contributed by atoms with van der Waals surface area (Å²) in [6.45, 7) is 2.63. The maximum atomic E-state index is 13.0. The van der Waals surface area contributed by atoms with Crippen LogP contribution in [0, 0.1) is 18.7 Å². The van der Waals surface area contributed by atoms with E-state index in [9.17, 15) is 14.0 Å². The molecule has 2 heterocycles. The zero-order valence-electron chi connectivity index (χ0n) is 14.1. The average Bonchev–Trinajstić information content (AvgIpc) is 3.00. The number of imide groups is 1. The first-order valence-corrected chi connectivity index (χ1v) is 8.37. The number of carbonyl (C=O) groups excluding carboxylic acids is 2. The highest BCUT2D eigenvalue weighted by Gasteiger charge is 2.33. The quantitative estimate of drug-likeness (QED) is 0.843. The summed E-state index contributed by atoms with van der Waals surface area (Å²) in [5.41, 5.74) is 2.97. The Hall–Kier alpha value is -2.70. The summed E-state index contributed by atoms with van der Waals surface area (Å²) in [7, 11) is 0. The van der Waals surface area contributed by atoms with Gasteiger partial charge in [-0.2, -0.15) is 5.10 Å². The van der Waals surface area contributed by atoms with Gasteiger partial charge >= 0.3 is 6.03 Å². The Bertz CT molecular complexity index is 757. The van der Waals surface area contributed by atoms with Crippen LogP contribution in [0.25, 0.3) is 0 Å². The Morgan fingerprint density at radius 1 is 1.28 bits per heavy atom. The lowest BCUT2D eigenvalue weighted by atomic mass is 9.96. The fraction of sp³-hybridized carbons (Fsp3) is 0.389. The SMILES string of the molecule is Cc1[nH]ncc1CCCN1C(=O)NCC(Cc2ccc(F)cc2)C1=O. The predicted molar refractivity (Wildman–Crippen MR) is 90.4 cm³/mol. The Kier molecular flexibility index (Phi) is 5.11. The highest BCUT2D eigenvalue weighted by atomic mass is 19.1. The molecule has 7 heteroatoms. The lowest BCUT2D eigenvalue weighted by Crippen LogP contribution is -2.55. The van der Waals surface area contributed by atoms with E-state index in [0.717, 1.165) is 23.2 Å². The smallest absolute Gasteiger partial charge is 0.324 e. The summed E-state index contributed by atoms with van der Waals surface area (Å²) in [5.74, 6) is -0.793. The Labute approximate surface area is 145 Å². The molecule has 1 saturated heterocycles. The van der Waals surface area contributed by atoms with Crippen LogP contribution in [0.1, 0.15) is 23.2 Å². The van der Waals surface area contributed by atoms with Crippen molar-refractivity contribution < 1.29 is 14.0 Å². The minimum absolute atomic E-state index is 0.169. The normalized spacial score (nSPS) is 17.7. The topological polar surface area (TPSA) is 78.1 Å². The molecule has 3 rings (SSSR count). The number of nitrogens with zero attached hydrogens (tertiary/aromatic N) is 2. The van der Waals surface area contributed by atoms with Crippen molar-refractivity contribution in [3.63, 3.8) is 0 Å². The molecule has 2 aromatic rings. The Balaban J connectivity index is 1.58. The van der Waals surface area contributed by atoms with Crippen molar-refractivity contribution >= 4 is 11.9 Å². The van der Waals surface area contributed by atoms with Crippen molar-refractivity contribution in [1.82, 2.24) is 20.4 Å². The van der Waals surface area contributed by atoms with Gasteiger partial charge in [-0.3, -0.25) is 14.8 Å². The minimum Gasteiger partial charge on any atom is -0.337 e. The number of carbonyl (C=O) groups is 2. The van der Waals surface area contributed by atoms with Crippen molar-refractivity contribution in [3.05, 3.63) is 53.1 Å². The molecule has 132 valence electrons. The van der Waals surface area contributed by atoms with Gasteiger partial charge in [0.05, 0.1) is 12.1 Å². The van der Waals surface area contributed by atoms with Gasteiger partial charge in [-0.05, 0) is 49.4 Å². The summed E-state index contributed by atoms with van der Waals surface area (Å²) in [5, 5.41) is 9.62. The van der Waals surface area contributed by atoms with E-state index in [1.165, 1.54) is 17.0 Å². The van der Waals surface area contributed by atoms with Gasteiger partial charge in [0.1, 0.15) is 5.82 Å². The van der Waals surface area contributed by atoms with Crippen molar-refractivity contribution in [2.45, 2.75) is 26.2 Å². The number of aryl methyl sites for hydroxylation is 2. The number of hydrogen-bond donors (Lipinski definition) is 2. The van der Waals surface area contributed by atoms with E-state index >= 15 is 0 Å². The summed E-state index contributed by atoms with van der Waals surface area (Å²) in [4.78, 5) is 26.0. The standard InChI is InChI=1S/C18H21FN4O2/c1-12-14(11-21-22-12)3-2-8-23-17(24)15(10-20-18(23)25)9-13-4-6-16(19)7-5-13/h4-7,11,15H,2-3,8-10H2,1H3,(H,20,25)(H,21,22). The Morgan fingerprint density at radius 2 is 2.04 bits per heavy atom. The second-order valence-electron chi connectivity index (χ2n) is 6.33. The third-order valence-corrected chi connectivity index (χ3v) is 4.52. The van der Waals surface area contributed by atoms with E-state index in [0.29, 0.717) is 25.9 Å². The number of urea groups is 1. The van der Waals surface area contributed by atoms with Crippen LogP contribution in [0.5, 0.6) is 0 Å². The van der Waals surface area contributed by atoms with Gasteiger partial charge in [-0.25, -0.2) is 9.18 Å². The lowest BCUT2D eigenvalue weighted by molar-refractivity contribution is -0.133. The first kappa shape index (κ1) is 17.1. The van der Waals surface area contributed by atoms with E-state index in [4.69, 9.17) is 0 Å². The monoisotopic (exact) mass is 344 g/mol. The van der Waals surface area contributed by atoms with E-state index in [2.05, 4.69) is 15.5 Å². The molecule has 0 spiro atoms. The van der Waals surface area contributed by atoms with Crippen LogP contribution in [-0.4, -0.2) is 40.1 Å². The highest BCUT2D eigenvalue weighted by molar-refractivity contribution is 5.98. The number of amides is 3. The largest absolute Gasteiger partial charge is 0.337 e. The van der Waals surface area contributed by atoms with E-state index in [-0.39, 0.29) is 23.7 Å². The molecule has 1 atom stereocenters. The van der Waals surface area contributed by atoms with Crippen molar-refractivity contribution in [1.29, 1.82) is 0 Å². The zero-order valence-corrected chi connectivity index (χ0v) is 14.1. The first-order chi connectivity index (χ1) is 12.0. The van der Waals surface area contributed by atoms with E-state index in [1.54, 1.807) is 18.3 Å². The van der Waals surface area contributed by atoms with E-state index < -0.39 is 0 Å². The van der Waals surface area contributed by atoms with Crippen LogP contribution in [-0.2, 0) is 17.6 Å². The van der Waals surface area contributed by atoms with Crippen LogP contribution in [0.15, 0.2) is 30.5 Å². The first-order valence-electron chi connectivity index (χ1n) is 8.37. The lowest BCUT2D eigenvalue weighted by Gasteiger charge is -2.31. The fourth-order valence-corrected chi connectivity index (χ4v) is 3.05. The number of benzene rings is 1. The fourth-order valence-electron chi connectivity index (χ4n) is 3.05. The van der Waals surface area contributed by atoms with Gasteiger partial charge in [-0.15, -0.1) is 0 Å². The molecule has 2 N–H and O–H groups in total. The van der Waals surface area contributed by atoms with Crippen LogP contribution < -0.4 is 5.32 Å². The molecular formula is C18H21FN4O2. The third-order valence-electron chi connectivity index (χ3n) is 4.52. The molecular weight excluding hydrogens is 323 g/mol. The van der Waals surface area contributed by atoms with Gasteiger partial charge < -0.3 is 5.32 Å². The van der Waals surface area contributed by atoms with Gasteiger partial charge in [0.15, 0.2) is 0 Å². The van der Waals surface area contributed by atoms with Crippen LogP contribution in [0.2, 0.25) is 0 Å². The molecule has 25 heavy (non-hydrogen) atoms. The molecule has 1 aliphatic heterocycles. The number of halogens is 1. The highest BCUT2D eigenvalue weighted by Crippen LogP contribution is 2.17. The maximum Gasteiger partial charge on any atom is 0.324 e. The molecule has 6 nitrogen and oxygen atoms in total. The molecule has 3 amide bonds. The summed E-state index contributed by atoms with van der Waals surface area (Å²) < 4.78 is 13.0.